The molecular formula is C12H13N3O2S4. The summed E-state index contributed by atoms with van der Waals surface area (Å²) in [6.45, 7) is 2.11. The Balaban J connectivity index is 1.76. The molecule has 0 atom stereocenters. The third-order valence-electron chi connectivity index (χ3n) is 2.14. The van der Waals surface area contributed by atoms with Crippen molar-refractivity contribution in [2.75, 3.05) is 11.5 Å². The third kappa shape index (κ3) is 5.42. The molecule has 2 amide bonds. The molecule has 0 fully saturated rings. The molecule has 5 nitrogen and oxygen atoms in total. The smallest absolute Gasteiger partial charge is 0.267 e. The lowest BCUT2D eigenvalue weighted by atomic mass is 10.4. The van der Waals surface area contributed by atoms with Crippen LogP contribution in [0.2, 0.25) is 0 Å². The van der Waals surface area contributed by atoms with Gasteiger partial charge in [0.25, 0.3) is 5.91 Å². The van der Waals surface area contributed by atoms with Gasteiger partial charge in [-0.3, -0.25) is 14.9 Å². The van der Waals surface area contributed by atoms with E-state index in [2.05, 4.69) is 22.4 Å². The summed E-state index contributed by atoms with van der Waals surface area (Å²) < 4.78 is 1.65. The zero-order chi connectivity index (χ0) is 15.1. The average molecular weight is 360 g/mol. The Hall–Kier alpha value is -0.900. The molecule has 0 aliphatic heterocycles. The zero-order valence-electron chi connectivity index (χ0n) is 11.2. The summed E-state index contributed by atoms with van der Waals surface area (Å²) >= 11 is 5.73. The minimum atomic E-state index is -0.355. The first-order valence-electron chi connectivity index (χ1n) is 6.16. The lowest BCUT2D eigenvalue weighted by Gasteiger charge is -2.00. The van der Waals surface area contributed by atoms with E-state index in [4.69, 9.17) is 0 Å². The second-order valence-corrected chi connectivity index (χ2v) is 8.32. The molecule has 0 unspecified atom stereocenters. The lowest BCUT2D eigenvalue weighted by Crippen LogP contribution is -2.31. The van der Waals surface area contributed by atoms with Gasteiger partial charge in [-0.05, 0) is 17.9 Å². The number of hydrogen-bond acceptors (Lipinski definition) is 8. The molecule has 0 aliphatic rings. The number of imide groups is 1. The Morgan fingerprint density at radius 2 is 2.05 bits per heavy atom. The molecular weight excluding hydrogens is 346 g/mol. The fourth-order valence-corrected chi connectivity index (χ4v) is 4.63. The maximum Gasteiger partial charge on any atom is 0.267 e. The Kier molecular flexibility index (Phi) is 6.68. The van der Waals surface area contributed by atoms with Crippen molar-refractivity contribution in [3.63, 3.8) is 0 Å². The normalized spacial score (nSPS) is 10.5. The van der Waals surface area contributed by atoms with Gasteiger partial charge in [0, 0.05) is 5.75 Å². The van der Waals surface area contributed by atoms with E-state index in [1.807, 2.05) is 0 Å². The Bertz CT molecular complexity index is 597. The molecule has 2 aromatic rings. The largest absolute Gasteiger partial charge is 0.291 e. The van der Waals surface area contributed by atoms with Crippen LogP contribution in [-0.4, -0.2) is 33.5 Å². The van der Waals surface area contributed by atoms with Gasteiger partial charge in [-0.15, -0.1) is 21.5 Å². The maximum absolute atomic E-state index is 11.7. The number of thiophene rings is 1. The summed E-state index contributed by atoms with van der Waals surface area (Å²) in [5.74, 6) is 0.489. The number of aromatic nitrogens is 2. The van der Waals surface area contributed by atoms with E-state index in [9.17, 15) is 9.59 Å². The molecule has 2 heterocycles. The van der Waals surface area contributed by atoms with Crippen molar-refractivity contribution in [1.82, 2.24) is 15.5 Å². The molecule has 9 heteroatoms. The van der Waals surface area contributed by atoms with Crippen molar-refractivity contribution in [2.45, 2.75) is 22.0 Å². The minimum Gasteiger partial charge on any atom is -0.291 e. The first kappa shape index (κ1) is 16.5. The quantitative estimate of drug-likeness (QED) is 0.766. The van der Waals surface area contributed by atoms with Gasteiger partial charge in [-0.2, -0.15) is 0 Å². The monoisotopic (exact) mass is 359 g/mol. The number of nitrogens with one attached hydrogen (secondary N) is 1. The predicted octanol–water partition coefficient (Wildman–Crippen LogP) is 3.15. The summed E-state index contributed by atoms with van der Waals surface area (Å²) in [6, 6.07) is 3.46. The third-order valence-corrected chi connectivity index (χ3v) is 6.41. The van der Waals surface area contributed by atoms with Crippen molar-refractivity contribution < 1.29 is 9.59 Å². The highest BCUT2D eigenvalue weighted by molar-refractivity contribution is 8.03. The van der Waals surface area contributed by atoms with E-state index in [-0.39, 0.29) is 17.6 Å². The molecule has 2 rings (SSSR count). The Morgan fingerprint density at radius 1 is 1.29 bits per heavy atom. The molecule has 0 aromatic carbocycles. The SMILES string of the molecule is CCCSc1nnc(SCC(=O)NC(=O)c2cccs2)s1. The molecule has 0 saturated carbocycles. The van der Waals surface area contributed by atoms with Crippen molar-refractivity contribution in [2.24, 2.45) is 0 Å². The summed E-state index contributed by atoms with van der Waals surface area (Å²) in [5, 5.41) is 12.2. The van der Waals surface area contributed by atoms with Gasteiger partial charge < -0.3 is 0 Å². The second-order valence-electron chi connectivity index (χ2n) is 3.83. The summed E-state index contributed by atoms with van der Waals surface area (Å²) in [6.07, 6.45) is 1.08. The number of thioether (sulfide) groups is 2. The first-order valence-corrected chi connectivity index (χ1v) is 9.82. The van der Waals surface area contributed by atoms with Gasteiger partial charge in [-0.25, -0.2) is 0 Å². The lowest BCUT2D eigenvalue weighted by molar-refractivity contribution is -0.117. The van der Waals surface area contributed by atoms with Gasteiger partial charge in [-0.1, -0.05) is 47.9 Å². The first-order chi connectivity index (χ1) is 10.2. The predicted molar refractivity (Wildman–Crippen MR) is 88.4 cm³/mol. The van der Waals surface area contributed by atoms with Crippen molar-refractivity contribution in [3.05, 3.63) is 22.4 Å². The highest BCUT2D eigenvalue weighted by atomic mass is 32.2. The van der Waals surface area contributed by atoms with E-state index < -0.39 is 0 Å². The van der Waals surface area contributed by atoms with Gasteiger partial charge >= 0.3 is 0 Å². The molecule has 0 radical (unpaired) electrons. The number of carbonyl (C=O) groups excluding carboxylic acids is 2. The summed E-state index contributed by atoms with van der Waals surface area (Å²) in [5.41, 5.74) is 0. The van der Waals surface area contributed by atoms with Crippen LogP contribution < -0.4 is 5.32 Å². The van der Waals surface area contributed by atoms with Gasteiger partial charge in [0.2, 0.25) is 5.91 Å². The summed E-state index contributed by atoms with van der Waals surface area (Å²) in [4.78, 5) is 23.9. The van der Waals surface area contributed by atoms with Crippen LogP contribution in [0, 0.1) is 0 Å². The summed E-state index contributed by atoms with van der Waals surface area (Å²) in [7, 11) is 0. The molecule has 0 aliphatic carbocycles. The van der Waals surface area contributed by atoms with Gasteiger partial charge in [0.1, 0.15) is 0 Å². The van der Waals surface area contributed by atoms with E-state index in [0.717, 1.165) is 20.9 Å². The van der Waals surface area contributed by atoms with Crippen LogP contribution in [0.5, 0.6) is 0 Å². The number of nitrogens with zero attached hydrogens (tertiary/aromatic N) is 2. The maximum atomic E-state index is 11.7. The highest BCUT2D eigenvalue weighted by Crippen LogP contribution is 2.28. The molecule has 0 saturated heterocycles. The fraction of sp³-hybridized carbons (Fsp3) is 0.333. The highest BCUT2D eigenvalue weighted by Gasteiger charge is 2.13. The van der Waals surface area contributed by atoms with Crippen molar-refractivity contribution >= 4 is 58.0 Å². The van der Waals surface area contributed by atoms with E-state index in [1.54, 1.807) is 29.3 Å². The Labute approximate surface area is 138 Å². The van der Waals surface area contributed by atoms with Crippen LogP contribution in [-0.2, 0) is 4.79 Å². The van der Waals surface area contributed by atoms with Gasteiger partial charge in [0.05, 0.1) is 10.6 Å². The Morgan fingerprint density at radius 3 is 2.71 bits per heavy atom. The molecule has 2 aromatic heterocycles. The molecule has 0 bridgehead atoms. The molecule has 0 spiro atoms. The zero-order valence-corrected chi connectivity index (χ0v) is 14.5. The fourth-order valence-electron chi connectivity index (χ4n) is 1.26. The van der Waals surface area contributed by atoms with Crippen LogP contribution in [0.15, 0.2) is 26.2 Å². The van der Waals surface area contributed by atoms with Crippen LogP contribution in [0.4, 0.5) is 0 Å². The van der Waals surface area contributed by atoms with E-state index >= 15 is 0 Å². The molecule has 112 valence electrons. The van der Waals surface area contributed by atoms with Crippen LogP contribution in [0.1, 0.15) is 23.0 Å². The molecule has 1 N–H and O–H groups in total. The topological polar surface area (TPSA) is 72.0 Å². The minimum absolute atomic E-state index is 0.157. The number of carbonyl (C=O) groups is 2. The standard InChI is InChI=1S/C12H13N3O2S4/c1-2-5-19-11-14-15-12(21-11)20-7-9(16)13-10(17)8-4-3-6-18-8/h3-4,6H,2,5,7H2,1H3,(H,13,16,17). The van der Waals surface area contributed by atoms with Crippen molar-refractivity contribution in [3.8, 4) is 0 Å². The number of hydrogen-bond donors (Lipinski definition) is 1. The number of amides is 2. The van der Waals surface area contributed by atoms with Crippen LogP contribution in [0.25, 0.3) is 0 Å². The average Bonchev–Trinajstić information content (AvgIpc) is 3.14. The number of rotatable bonds is 7. The van der Waals surface area contributed by atoms with Gasteiger partial charge in [0.15, 0.2) is 8.68 Å². The van der Waals surface area contributed by atoms with Crippen LogP contribution >= 0.6 is 46.2 Å². The van der Waals surface area contributed by atoms with Crippen molar-refractivity contribution in [1.29, 1.82) is 0 Å². The van der Waals surface area contributed by atoms with E-state index in [1.165, 1.54) is 34.4 Å². The molecule has 21 heavy (non-hydrogen) atoms. The van der Waals surface area contributed by atoms with E-state index in [0.29, 0.717) is 4.88 Å². The van der Waals surface area contributed by atoms with Crippen LogP contribution in [0.3, 0.4) is 0 Å². The second kappa shape index (κ2) is 8.52.